The lowest BCUT2D eigenvalue weighted by Crippen LogP contribution is -2.48. The molecule has 0 bridgehead atoms. The van der Waals surface area contributed by atoms with Crippen molar-refractivity contribution in [2.75, 3.05) is 26.2 Å². The molecule has 0 amide bonds. The predicted molar refractivity (Wildman–Crippen MR) is 84.5 cm³/mol. The molecular weight excluding hydrogens is 276 g/mol. The minimum absolute atomic E-state index is 0.0655. The maximum Gasteiger partial charge on any atom is 0.0841 e. The van der Waals surface area contributed by atoms with Crippen LogP contribution in [0, 0.1) is 5.92 Å². The Bertz CT molecular complexity index is 491. The molecule has 4 heteroatoms. The lowest BCUT2D eigenvalue weighted by atomic mass is 9.89. The number of rotatable bonds is 5. The highest BCUT2D eigenvalue weighted by Gasteiger charge is 2.44. The van der Waals surface area contributed by atoms with Gasteiger partial charge in [0.1, 0.15) is 0 Å². The highest BCUT2D eigenvalue weighted by Crippen LogP contribution is 2.38. The molecule has 1 aromatic heterocycles. The molecule has 22 heavy (non-hydrogen) atoms. The first kappa shape index (κ1) is 14.6. The van der Waals surface area contributed by atoms with Crippen LogP contribution in [0.4, 0.5) is 0 Å². The molecule has 0 aromatic carbocycles. The fourth-order valence-corrected chi connectivity index (χ4v) is 3.90. The zero-order chi connectivity index (χ0) is 14.8. The van der Waals surface area contributed by atoms with Crippen molar-refractivity contribution in [2.45, 2.75) is 50.4 Å². The molecule has 0 unspecified atom stereocenters. The minimum Gasteiger partial charge on any atom is -0.371 e. The van der Waals surface area contributed by atoms with Crippen LogP contribution in [-0.4, -0.2) is 47.8 Å². The standard InChI is InChI=1S/C18H26N2O2/c1-6-18(14-20(9-1)11-15-2-3-15)10-17(13-22-18)21-12-16-4-7-19-8-5-16/h4-5,7-8,15,17H,1-3,6,9-14H2/t17-,18-/m0/s1. The van der Waals surface area contributed by atoms with Gasteiger partial charge in [-0.15, -0.1) is 0 Å². The summed E-state index contributed by atoms with van der Waals surface area (Å²) in [6.07, 6.45) is 10.3. The van der Waals surface area contributed by atoms with Crippen LogP contribution in [0.1, 0.15) is 37.7 Å². The van der Waals surface area contributed by atoms with Crippen LogP contribution in [0.5, 0.6) is 0 Å². The Morgan fingerprint density at radius 1 is 1.32 bits per heavy atom. The molecule has 1 saturated carbocycles. The summed E-state index contributed by atoms with van der Waals surface area (Å²) in [6.45, 7) is 5.07. The molecule has 2 aliphatic heterocycles. The van der Waals surface area contributed by atoms with Crippen molar-refractivity contribution in [1.82, 2.24) is 9.88 Å². The first-order valence-electron chi connectivity index (χ1n) is 8.68. The van der Waals surface area contributed by atoms with E-state index in [0.717, 1.165) is 25.5 Å². The van der Waals surface area contributed by atoms with Crippen LogP contribution >= 0.6 is 0 Å². The Morgan fingerprint density at radius 2 is 2.18 bits per heavy atom. The predicted octanol–water partition coefficient (Wildman–Crippen LogP) is 2.63. The largest absolute Gasteiger partial charge is 0.371 e. The van der Waals surface area contributed by atoms with E-state index in [4.69, 9.17) is 9.47 Å². The molecular formula is C18H26N2O2. The normalized spacial score (nSPS) is 32.6. The number of hydrogen-bond acceptors (Lipinski definition) is 4. The van der Waals surface area contributed by atoms with Gasteiger partial charge in [-0.1, -0.05) is 0 Å². The lowest BCUT2D eigenvalue weighted by molar-refractivity contribution is -0.0537. The van der Waals surface area contributed by atoms with Gasteiger partial charge in [0.15, 0.2) is 0 Å². The number of ether oxygens (including phenoxy) is 2. The Labute approximate surface area is 132 Å². The van der Waals surface area contributed by atoms with E-state index in [-0.39, 0.29) is 11.7 Å². The van der Waals surface area contributed by atoms with Gasteiger partial charge in [0.2, 0.25) is 0 Å². The maximum absolute atomic E-state index is 6.24. The first-order chi connectivity index (χ1) is 10.8. The second-order valence-electron chi connectivity index (χ2n) is 7.27. The van der Waals surface area contributed by atoms with Gasteiger partial charge in [-0.25, -0.2) is 0 Å². The molecule has 3 heterocycles. The second-order valence-corrected chi connectivity index (χ2v) is 7.27. The number of aromatic nitrogens is 1. The van der Waals surface area contributed by atoms with Gasteiger partial charge in [-0.2, -0.15) is 0 Å². The molecule has 1 aromatic rings. The Morgan fingerprint density at radius 3 is 3.00 bits per heavy atom. The van der Waals surface area contributed by atoms with Crippen LogP contribution in [-0.2, 0) is 16.1 Å². The Hall–Kier alpha value is -0.970. The molecule has 0 radical (unpaired) electrons. The monoisotopic (exact) mass is 302 g/mol. The third-order valence-corrected chi connectivity index (χ3v) is 5.24. The van der Waals surface area contributed by atoms with E-state index in [0.29, 0.717) is 6.61 Å². The van der Waals surface area contributed by atoms with Gasteiger partial charge in [-0.3, -0.25) is 4.98 Å². The van der Waals surface area contributed by atoms with Gasteiger partial charge in [0.25, 0.3) is 0 Å². The number of likely N-dealkylation sites (tertiary alicyclic amines) is 1. The summed E-state index contributed by atoms with van der Waals surface area (Å²) >= 11 is 0. The SMILES string of the molecule is c1cc(CO[C@@H]2CO[C@@]3(CCCN(CC4CC4)C3)C2)ccn1. The van der Waals surface area contributed by atoms with Crippen LogP contribution in [0.3, 0.4) is 0 Å². The van der Waals surface area contributed by atoms with Crippen molar-refractivity contribution in [3.63, 3.8) is 0 Å². The topological polar surface area (TPSA) is 34.6 Å². The van der Waals surface area contributed by atoms with E-state index >= 15 is 0 Å². The van der Waals surface area contributed by atoms with Crippen LogP contribution in [0.15, 0.2) is 24.5 Å². The van der Waals surface area contributed by atoms with Crippen molar-refractivity contribution in [3.8, 4) is 0 Å². The molecule has 2 atom stereocenters. The molecule has 0 N–H and O–H groups in total. The summed E-state index contributed by atoms with van der Waals surface area (Å²) in [5, 5.41) is 0. The van der Waals surface area contributed by atoms with Crippen molar-refractivity contribution < 1.29 is 9.47 Å². The van der Waals surface area contributed by atoms with Crippen molar-refractivity contribution in [1.29, 1.82) is 0 Å². The molecule has 2 saturated heterocycles. The smallest absolute Gasteiger partial charge is 0.0841 e. The van der Waals surface area contributed by atoms with Crippen molar-refractivity contribution in [3.05, 3.63) is 30.1 Å². The minimum atomic E-state index is 0.0655. The zero-order valence-electron chi connectivity index (χ0n) is 13.2. The second kappa shape index (κ2) is 6.26. The van der Waals surface area contributed by atoms with Crippen LogP contribution in [0.25, 0.3) is 0 Å². The average molecular weight is 302 g/mol. The Kier molecular flexibility index (Phi) is 4.16. The number of hydrogen-bond donors (Lipinski definition) is 0. The maximum atomic E-state index is 6.24. The highest BCUT2D eigenvalue weighted by molar-refractivity contribution is 5.08. The molecule has 4 rings (SSSR count). The van der Waals surface area contributed by atoms with Gasteiger partial charge in [0, 0.05) is 31.9 Å². The van der Waals surface area contributed by atoms with Crippen molar-refractivity contribution in [2.24, 2.45) is 5.92 Å². The van der Waals surface area contributed by atoms with Crippen LogP contribution < -0.4 is 0 Å². The van der Waals surface area contributed by atoms with E-state index in [9.17, 15) is 0 Å². The summed E-state index contributed by atoms with van der Waals surface area (Å²) in [4.78, 5) is 6.68. The van der Waals surface area contributed by atoms with E-state index < -0.39 is 0 Å². The molecule has 3 aliphatic rings. The average Bonchev–Trinajstić information content (AvgIpc) is 3.28. The fraction of sp³-hybridized carbons (Fsp3) is 0.722. The third-order valence-electron chi connectivity index (χ3n) is 5.24. The molecule has 4 nitrogen and oxygen atoms in total. The van der Waals surface area contributed by atoms with Gasteiger partial charge >= 0.3 is 0 Å². The first-order valence-corrected chi connectivity index (χ1v) is 8.68. The summed E-state index contributed by atoms with van der Waals surface area (Å²) in [7, 11) is 0. The summed E-state index contributed by atoms with van der Waals surface area (Å²) < 4.78 is 12.3. The molecule has 1 aliphatic carbocycles. The summed E-state index contributed by atoms with van der Waals surface area (Å²) in [5.41, 5.74) is 1.26. The van der Waals surface area contributed by atoms with Gasteiger partial charge in [-0.05, 0) is 55.8 Å². The van der Waals surface area contributed by atoms with Gasteiger partial charge in [0.05, 0.1) is 24.9 Å². The Balaban J connectivity index is 1.29. The van der Waals surface area contributed by atoms with E-state index in [2.05, 4.69) is 9.88 Å². The molecule has 3 fully saturated rings. The van der Waals surface area contributed by atoms with E-state index in [1.165, 1.54) is 44.3 Å². The quantitative estimate of drug-likeness (QED) is 0.837. The lowest BCUT2D eigenvalue weighted by Gasteiger charge is -2.39. The van der Waals surface area contributed by atoms with E-state index in [1.54, 1.807) is 0 Å². The van der Waals surface area contributed by atoms with Crippen LogP contribution in [0.2, 0.25) is 0 Å². The summed E-state index contributed by atoms with van der Waals surface area (Å²) in [5.74, 6) is 0.968. The zero-order valence-corrected chi connectivity index (χ0v) is 13.2. The fourth-order valence-electron chi connectivity index (χ4n) is 3.90. The highest BCUT2D eigenvalue weighted by atomic mass is 16.6. The molecule has 120 valence electrons. The number of piperidine rings is 1. The van der Waals surface area contributed by atoms with Gasteiger partial charge < -0.3 is 14.4 Å². The van der Waals surface area contributed by atoms with Crippen molar-refractivity contribution >= 4 is 0 Å². The third kappa shape index (κ3) is 3.50. The number of nitrogens with zero attached hydrogens (tertiary/aromatic N) is 2. The summed E-state index contributed by atoms with van der Waals surface area (Å²) in [6, 6.07) is 4.03. The van der Waals surface area contributed by atoms with E-state index in [1.807, 2.05) is 24.5 Å². The molecule has 1 spiro atoms. The number of pyridine rings is 1.